The predicted molar refractivity (Wildman–Crippen MR) is 313 cm³/mol. The van der Waals surface area contributed by atoms with Gasteiger partial charge in [0.1, 0.15) is 5.82 Å². The Kier molecular flexibility index (Phi) is 10.8. The number of rotatable bonds is 8. The summed E-state index contributed by atoms with van der Waals surface area (Å²) in [6, 6.07) is 51.3. The first-order chi connectivity index (χ1) is 38.8. The second-order valence-corrected chi connectivity index (χ2v) is 23.5. The minimum absolute atomic E-state index is 0. The Morgan fingerprint density at radius 2 is 1.21 bits per heavy atom. The van der Waals surface area contributed by atoms with Gasteiger partial charge in [-0.2, -0.15) is 12.1 Å². The van der Waals surface area contributed by atoms with Crippen molar-refractivity contribution >= 4 is 44.6 Å². The normalized spacial score (nSPS) is 16.2. The van der Waals surface area contributed by atoms with E-state index < -0.39 is 5.41 Å². The first-order valence-electron chi connectivity index (χ1n) is 29.5. The largest absolute Gasteiger partial charge is 0.509 e. The molecule has 1 aliphatic carbocycles. The van der Waals surface area contributed by atoms with Gasteiger partial charge in [0.15, 0.2) is 0 Å². The molecular formula is C70H65N4OPt-3. The van der Waals surface area contributed by atoms with Gasteiger partial charge < -0.3 is 19.1 Å². The summed E-state index contributed by atoms with van der Waals surface area (Å²) >= 11 is 0. The Morgan fingerprint density at radius 1 is 0.579 bits per heavy atom. The number of para-hydroxylation sites is 3. The Balaban J connectivity index is 0.00000721. The molecule has 12 rings (SSSR count). The standard InChI is InChI=1S/C70H65N4O.Pt/c1-67(2,3)50-35-38-71-65(42-50)74-61-24-15-14-23-55(61)56-33-32-54(44-64(56)74)75-53-22-18-21-52(43-53)72-45-73(63-26-17-16-25-62(63)72)66-57(48-29-27-47(28-30-48)46-19-12-11-13-20-46)40-51(68(4,5)6)41-58(66)49-31-34-59-60(39-49)70(9,10)37-36-69(59,7)8;/h11-35,38-42,45H,36-37H2,1-10H3;/q-3;/i14D,15D,23D,24D,31D,34D,39D;. The molecule has 0 unspecified atom stereocenters. The number of pyridine rings is 1. The summed E-state index contributed by atoms with van der Waals surface area (Å²) in [5.41, 5.74) is 11.5. The average molecular weight is 1180 g/mol. The number of aromatic nitrogens is 2. The topological polar surface area (TPSA) is 33.5 Å². The second-order valence-electron chi connectivity index (χ2n) is 23.5. The van der Waals surface area contributed by atoms with Crippen molar-refractivity contribution < 1.29 is 35.4 Å². The summed E-state index contributed by atoms with van der Waals surface area (Å²) in [4.78, 5) is 9.00. The number of fused-ring (bicyclic) bond motifs is 5. The zero-order chi connectivity index (χ0) is 58.1. The maximum atomic E-state index is 10.4. The third-order valence-corrected chi connectivity index (χ3v) is 15.3. The molecule has 6 heteroatoms. The first kappa shape index (κ1) is 43.0. The van der Waals surface area contributed by atoms with Gasteiger partial charge in [0.2, 0.25) is 0 Å². The minimum atomic E-state index is -0.406. The van der Waals surface area contributed by atoms with E-state index in [9.17, 15) is 4.11 Å². The van der Waals surface area contributed by atoms with Crippen LogP contribution in [0.3, 0.4) is 0 Å². The van der Waals surface area contributed by atoms with E-state index in [1.54, 1.807) is 16.8 Å². The number of benzene rings is 8. The molecule has 2 aromatic heterocycles. The third kappa shape index (κ3) is 9.15. The number of hydrogen-bond donors (Lipinski definition) is 0. The quantitative estimate of drug-likeness (QED) is 0.142. The van der Waals surface area contributed by atoms with Gasteiger partial charge in [-0.3, -0.25) is 0 Å². The van der Waals surface area contributed by atoms with Crippen LogP contribution >= 0.6 is 0 Å². The van der Waals surface area contributed by atoms with Crippen LogP contribution in [0.2, 0.25) is 0 Å². The molecule has 384 valence electrons. The molecule has 0 radical (unpaired) electrons. The fraction of sp³-hybridized carbons (Fsp3) is 0.229. The van der Waals surface area contributed by atoms with E-state index in [0.29, 0.717) is 62.0 Å². The van der Waals surface area contributed by atoms with E-state index in [0.717, 1.165) is 74.4 Å². The molecule has 5 nitrogen and oxygen atoms in total. The maximum absolute atomic E-state index is 10.4. The Labute approximate surface area is 474 Å². The average Bonchev–Trinajstić information content (AvgIpc) is 4.24. The second kappa shape index (κ2) is 19.1. The Hall–Kier alpha value is -7.20. The van der Waals surface area contributed by atoms with Crippen LogP contribution in [0.15, 0.2) is 182 Å². The van der Waals surface area contributed by atoms with Gasteiger partial charge in [-0.25, -0.2) is 4.98 Å². The Morgan fingerprint density at radius 3 is 1.93 bits per heavy atom. The van der Waals surface area contributed by atoms with Crippen LogP contribution in [0.25, 0.3) is 61.0 Å². The number of ether oxygens (including phenoxy) is 1. The SMILES string of the molecule is [2H]c1c([2H])c2c(c([2H])c1-c1cc(C(C)(C)C)cc(-c3ccc(-c4ccccc4)cc3)c1N1[CH-]N(c3[c-]c(Oc4[c-]c5c(cc4)c4c([2H])c([2H])c([2H])c([2H])c4n5-c4cc(C(C)(C)C)ccn4)ccc3)c3ccccc31)C(C)(C)CCC2(C)C.[Pt]. The van der Waals surface area contributed by atoms with Crippen molar-refractivity contribution in [3.05, 3.63) is 223 Å². The summed E-state index contributed by atoms with van der Waals surface area (Å²) in [6.07, 6.45) is 3.44. The molecule has 8 aromatic carbocycles. The molecule has 2 aliphatic rings. The minimum Gasteiger partial charge on any atom is -0.509 e. The van der Waals surface area contributed by atoms with E-state index in [1.165, 1.54) is 0 Å². The summed E-state index contributed by atoms with van der Waals surface area (Å²) in [5, 5.41) is 0.950. The van der Waals surface area contributed by atoms with Crippen LogP contribution in [0.1, 0.15) is 114 Å². The molecule has 0 bridgehead atoms. The summed E-state index contributed by atoms with van der Waals surface area (Å²) < 4.78 is 74.2. The molecule has 0 saturated carbocycles. The van der Waals surface area contributed by atoms with Gasteiger partial charge in [0.05, 0.1) is 9.60 Å². The van der Waals surface area contributed by atoms with Crippen LogP contribution in [-0.2, 0) is 42.7 Å². The maximum Gasteiger partial charge on any atom is 0.135 e. The fourth-order valence-corrected chi connectivity index (χ4v) is 10.8. The van der Waals surface area contributed by atoms with Gasteiger partial charge >= 0.3 is 0 Å². The molecule has 76 heavy (non-hydrogen) atoms. The van der Waals surface area contributed by atoms with Crippen molar-refractivity contribution in [3.63, 3.8) is 0 Å². The third-order valence-electron chi connectivity index (χ3n) is 15.3. The molecule has 1 aliphatic heterocycles. The molecule has 0 N–H and O–H groups in total. The summed E-state index contributed by atoms with van der Waals surface area (Å²) in [7, 11) is 0. The van der Waals surface area contributed by atoms with Crippen molar-refractivity contribution in [3.8, 4) is 50.7 Å². The fourth-order valence-electron chi connectivity index (χ4n) is 10.8. The van der Waals surface area contributed by atoms with Crippen LogP contribution in [0.4, 0.5) is 22.7 Å². The van der Waals surface area contributed by atoms with E-state index in [2.05, 4.69) is 152 Å². The van der Waals surface area contributed by atoms with Crippen molar-refractivity contribution in [2.75, 3.05) is 9.80 Å². The van der Waals surface area contributed by atoms with Crippen molar-refractivity contribution in [2.45, 2.75) is 104 Å². The van der Waals surface area contributed by atoms with Gasteiger partial charge in [0.25, 0.3) is 0 Å². The summed E-state index contributed by atoms with van der Waals surface area (Å²) in [5.74, 6) is 1.23. The first-order valence-corrected chi connectivity index (χ1v) is 26.0. The van der Waals surface area contributed by atoms with Gasteiger partial charge in [-0.1, -0.05) is 178 Å². The molecule has 3 heterocycles. The van der Waals surface area contributed by atoms with Gasteiger partial charge in [-0.15, -0.1) is 48.1 Å². The van der Waals surface area contributed by atoms with Crippen LogP contribution in [-0.4, -0.2) is 9.55 Å². The van der Waals surface area contributed by atoms with E-state index in [1.807, 2.05) is 73.4 Å². The van der Waals surface area contributed by atoms with Gasteiger partial charge in [-0.05, 0) is 127 Å². The van der Waals surface area contributed by atoms with E-state index >= 15 is 0 Å². The molecule has 0 amide bonds. The molecule has 0 fully saturated rings. The van der Waals surface area contributed by atoms with E-state index in [-0.39, 0.29) is 73.6 Å². The molecule has 0 spiro atoms. The number of hydrogen-bond acceptors (Lipinski definition) is 4. The van der Waals surface area contributed by atoms with Crippen LogP contribution < -0.4 is 14.5 Å². The zero-order valence-electron chi connectivity index (χ0n) is 51.8. The number of nitrogens with zero attached hydrogens (tertiary/aromatic N) is 4. The monoisotopic (exact) mass is 1180 g/mol. The van der Waals surface area contributed by atoms with Crippen molar-refractivity contribution in [1.82, 2.24) is 9.55 Å². The van der Waals surface area contributed by atoms with Crippen LogP contribution in [0.5, 0.6) is 11.5 Å². The molecular weight excluding hydrogens is 1110 g/mol. The van der Waals surface area contributed by atoms with E-state index in [4.69, 9.17) is 15.2 Å². The van der Waals surface area contributed by atoms with Crippen molar-refractivity contribution in [1.29, 1.82) is 0 Å². The van der Waals surface area contributed by atoms with Crippen molar-refractivity contribution in [2.24, 2.45) is 0 Å². The molecule has 0 atom stereocenters. The molecule has 10 aromatic rings. The smallest absolute Gasteiger partial charge is 0.135 e. The Bertz CT molecular complexity index is 4240. The zero-order valence-corrected chi connectivity index (χ0v) is 47.1. The van der Waals surface area contributed by atoms with Gasteiger partial charge in [0, 0.05) is 72.5 Å². The predicted octanol–water partition coefficient (Wildman–Crippen LogP) is 18.9. The molecule has 0 saturated heterocycles. The van der Waals surface area contributed by atoms with Crippen LogP contribution in [0, 0.1) is 18.8 Å². The summed E-state index contributed by atoms with van der Waals surface area (Å²) in [6.45, 7) is 23.6. The number of anilines is 4.